The van der Waals surface area contributed by atoms with Crippen molar-refractivity contribution in [1.82, 2.24) is 9.55 Å². The van der Waals surface area contributed by atoms with E-state index in [9.17, 15) is 9.00 Å². The van der Waals surface area contributed by atoms with Crippen LogP contribution in [0.1, 0.15) is 0 Å². The maximum atomic E-state index is 11.8. The molecule has 1 heterocycles. The zero-order valence-electron chi connectivity index (χ0n) is 11.2. The molecule has 0 fully saturated rings. The van der Waals surface area contributed by atoms with Crippen LogP contribution in [0.5, 0.6) is 0 Å². The highest BCUT2D eigenvalue weighted by atomic mass is 32.2. The number of anilines is 1. The third-order valence-corrected chi connectivity index (χ3v) is 4.57. The van der Waals surface area contributed by atoms with Crippen LogP contribution >= 0.6 is 11.8 Å². The molecule has 1 aromatic heterocycles. The van der Waals surface area contributed by atoms with Crippen LogP contribution in [0.3, 0.4) is 0 Å². The lowest BCUT2D eigenvalue weighted by molar-refractivity contribution is -0.113. The molecule has 20 heavy (non-hydrogen) atoms. The summed E-state index contributed by atoms with van der Waals surface area (Å²) in [6.07, 6.45) is 5.16. The summed E-state index contributed by atoms with van der Waals surface area (Å²) < 4.78 is 13.1. The van der Waals surface area contributed by atoms with Crippen LogP contribution in [-0.2, 0) is 22.6 Å². The topological polar surface area (TPSA) is 64.0 Å². The molecule has 106 valence electrons. The molecular weight excluding hydrogens is 294 g/mol. The number of amides is 1. The number of thioether (sulfide) groups is 1. The van der Waals surface area contributed by atoms with Gasteiger partial charge >= 0.3 is 0 Å². The minimum absolute atomic E-state index is 0.0941. The molecule has 1 N–H and O–H groups in total. The van der Waals surface area contributed by atoms with E-state index >= 15 is 0 Å². The lowest BCUT2D eigenvalue weighted by Gasteiger charge is -2.05. The first kappa shape index (κ1) is 14.8. The van der Waals surface area contributed by atoms with Gasteiger partial charge in [-0.2, -0.15) is 0 Å². The summed E-state index contributed by atoms with van der Waals surface area (Å²) in [6.45, 7) is 0. The number of rotatable bonds is 5. The SMILES string of the molecule is Cn1ccnc1SCC(=O)Nc1ccc([S@](C)=O)cc1. The number of aryl methyl sites for hydroxylation is 1. The van der Waals surface area contributed by atoms with Crippen LogP contribution < -0.4 is 5.32 Å². The number of hydrogen-bond donors (Lipinski definition) is 1. The lowest BCUT2D eigenvalue weighted by Crippen LogP contribution is -2.14. The highest BCUT2D eigenvalue weighted by molar-refractivity contribution is 7.99. The number of nitrogens with one attached hydrogen (secondary N) is 1. The van der Waals surface area contributed by atoms with Gasteiger partial charge in [0.05, 0.1) is 5.75 Å². The first-order chi connectivity index (χ1) is 9.56. The van der Waals surface area contributed by atoms with Gasteiger partial charge in [0, 0.05) is 47.1 Å². The Morgan fingerprint density at radius 3 is 2.65 bits per heavy atom. The Hall–Kier alpha value is -1.60. The summed E-state index contributed by atoms with van der Waals surface area (Å²) in [4.78, 5) is 16.7. The van der Waals surface area contributed by atoms with Crippen molar-refractivity contribution in [3.8, 4) is 0 Å². The van der Waals surface area contributed by atoms with E-state index in [-0.39, 0.29) is 5.91 Å². The van der Waals surface area contributed by atoms with Gasteiger partial charge in [0.1, 0.15) is 0 Å². The molecule has 0 unspecified atom stereocenters. The molecule has 0 saturated heterocycles. The summed E-state index contributed by atoms with van der Waals surface area (Å²) in [5.74, 6) is 0.204. The average Bonchev–Trinajstić information content (AvgIpc) is 2.82. The molecule has 7 heteroatoms. The molecule has 0 bridgehead atoms. The third kappa shape index (κ3) is 3.94. The number of nitrogens with zero attached hydrogens (tertiary/aromatic N) is 2. The van der Waals surface area contributed by atoms with E-state index in [4.69, 9.17) is 0 Å². The van der Waals surface area contributed by atoms with Gasteiger partial charge in [0.25, 0.3) is 0 Å². The smallest absolute Gasteiger partial charge is 0.234 e. The fourth-order valence-electron chi connectivity index (χ4n) is 1.55. The van der Waals surface area contributed by atoms with Crippen molar-refractivity contribution in [3.63, 3.8) is 0 Å². The van der Waals surface area contributed by atoms with Crippen LogP contribution in [-0.4, -0.2) is 31.7 Å². The fourth-order valence-corrected chi connectivity index (χ4v) is 2.80. The molecule has 0 radical (unpaired) electrons. The molecular formula is C13H15N3O2S2. The van der Waals surface area contributed by atoms with Crippen LogP contribution in [0.4, 0.5) is 5.69 Å². The maximum Gasteiger partial charge on any atom is 0.234 e. The standard InChI is InChI=1S/C13H15N3O2S2/c1-16-8-7-14-13(16)19-9-12(17)15-10-3-5-11(6-4-10)20(2)18/h3-8H,9H2,1-2H3,(H,15,17)/t20-/m0/s1. The molecule has 2 rings (SSSR count). The Morgan fingerprint density at radius 1 is 1.40 bits per heavy atom. The first-order valence-corrected chi connectivity index (χ1v) is 8.44. The van der Waals surface area contributed by atoms with E-state index < -0.39 is 10.8 Å². The van der Waals surface area contributed by atoms with Crippen LogP contribution in [0, 0.1) is 0 Å². The normalized spacial score (nSPS) is 12.1. The number of carbonyl (C=O) groups is 1. The van der Waals surface area contributed by atoms with Gasteiger partial charge in [-0.25, -0.2) is 4.98 Å². The van der Waals surface area contributed by atoms with Crippen LogP contribution in [0.2, 0.25) is 0 Å². The molecule has 5 nitrogen and oxygen atoms in total. The van der Waals surface area contributed by atoms with Gasteiger partial charge in [-0.1, -0.05) is 11.8 Å². The zero-order chi connectivity index (χ0) is 14.5. The van der Waals surface area contributed by atoms with Crippen molar-refractivity contribution in [1.29, 1.82) is 0 Å². The second kappa shape index (κ2) is 6.71. The van der Waals surface area contributed by atoms with Crippen molar-refractivity contribution in [3.05, 3.63) is 36.7 Å². The van der Waals surface area contributed by atoms with Gasteiger partial charge in [0.2, 0.25) is 5.91 Å². The number of carbonyl (C=O) groups excluding carboxylic acids is 1. The predicted octanol–water partition coefficient (Wildman–Crippen LogP) is 1.89. The quantitative estimate of drug-likeness (QED) is 0.857. The Kier molecular flexibility index (Phi) is 4.97. The van der Waals surface area contributed by atoms with Gasteiger partial charge in [-0.05, 0) is 24.3 Å². The molecule has 1 atom stereocenters. The van der Waals surface area contributed by atoms with E-state index in [1.807, 2.05) is 17.8 Å². The minimum Gasteiger partial charge on any atom is -0.329 e. The summed E-state index contributed by atoms with van der Waals surface area (Å²) in [7, 11) is 0.882. The van der Waals surface area contributed by atoms with Crippen molar-refractivity contribution in [2.24, 2.45) is 7.05 Å². The Balaban J connectivity index is 1.88. The molecule has 1 aromatic carbocycles. The second-order valence-corrected chi connectivity index (χ2v) is 6.46. The monoisotopic (exact) mass is 309 g/mol. The molecule has 1 amide bonds. The molecule has 2 aromatic rings. The molecule has 0 aliphatic heterocycles. The second-order valence-electron chi connectivity index (χ2n) is 4.14. The zero-order valence-corrected chi connectivity index (χ0v) is 12.8. The summed E-state index contributed by atoms with van der Waals surface area (Å²) in [5, 5.41) is 3.60. The van der Waals surface area contributed by atoms with Crippen molar-refractivity contribution in [2.75, 3.05) is 17.3 Å². The van der Waals surface area contributed by atoms with E-state index in [2.05, 4.69) is 10.3 Å². The van der Waals surface area contributed by atoms with Crippen molar-refractivity contribution >= 4 is 34.2 Å². The van der Waals surface area contributed by atoms with Crippen molar-refractivity contribution in [2.45, 2.75) is 10.1 Å². The van der Waals surface area contributed by atoms with E-state index in [1.54, 1.807) is 36.7 Å². The molecule has 0 saturated carbocycles. The third-order valence-electron chi connectivity index (χ3n) is 2.58. The molecule has 0 aliphatic rings. The molecule has 0 spiro atoms. The van der Waals surface area contributed by atoms with Crippen molar-refractivity contribution < 1.29 is 9.00 Å². The minimum atomic E-state index is -1.00. The highest BCUT2D eigenvalue weighted by Crippen LogP contribution is 2.16. The van der Waals surface area contributed by atoms with Gasteiger partial charge in [0.15, 0.2) is 5.16 Å². The molecule has 0 aliphatic carbocycles. The highest BCUT2D eigenvalue weighted by Gasteiger charge is 2.06. The van der Waals surface area contributed by atoms with Gasteiger partial charge in [-0.3, -0.25) is 9.00 Å². The predicted molar refractivity (Wildman–Crippen MR) is 81.3 cm³/mol. The Bertz CT molecular complexity index is 623. The van der Waals surface area contributed by atoms with E-state index in [0.717, 1.165) is 10.1 Å². The number of imidazole rings is 1. The Morgan fingerprint density at radius 2 is 2.10 bits per heavy atom. The summed E-state index contributed by atoms with van der Waals surface area (Å²) in [6, 6.07) is 7.00. The van der Waals surface area contributed by atoms with Crippen LogP contribution in [0.15, 0.2) is 46.7 Å². The van der Waals surface area contributed by atoms with Gasteiger partial charge < -0.3 is 9.88 Å². The summed E-state index contributed by atoms with van der Waals surface area (Å²) >= 11 is 1.38. The largest absolute Gasteiger partial charge is 0.329 e. The van der Waals surface area contributed by atoms with E-state index in [0.29, 0.717) is 11.4 Å². The maximum absolute atomic E-state index is 11.8. The number of benzene rings is 1. The van der Waals surface area contributed by atoms with E-state index in [1.165, 1.54) is 11.8 Å². The number of hydrogen-bond acceptors (Lipinski definition) is 4. The first-order valence-electron chi connectivity index (χ1n) is 5.90. The average molecular weight is 309 g/mol. The fraction of sp³-hybridized carbons (Fsp3) is 0.231. The summed E-state index contributed by atoms with van der Waals surface area (Å²) in [5.41, 5.74) is 0.699. The lowest BCUT2D eigenvalue weighted by atomic mass is 10.3. The van der Waals surface area contributed by atoms with Gasteiger partial charge in [-0.15, -0.1) is 0 Å². The Labute approximate surface area is 124 Å². The number of aromatic nitrogens is 2. The van der Waals surface area contributed by atoms with Crippen LogP contribution in [0.25, 0.3) is 0 Å².